The third-order valence-corrected chi connectivity index (χ3v) is 5.02. The molecule has 0 saturated heterocycles. The summed E-state index contributed by atoms with van der Waals surface area (Å²) in [5.41, 5.74) is 3.53. The number of carbonyl (C=O) groups is 1. The van der Waals surface area contributed by atoms with E-state index >= 15 is 0 Å². The molecule has 0 heterocycles. The normalized spacial score (nSPS) is 12.7. The quantitative estimate of drug-likeness (QED) is 0.669. The Labute approximate surface area is 160 Å². The highest BCUT2D eigenvalue weighted by atomic mass is 35.5. The Balaban J connectivity index is 1.90. The van der Waals surface area contributed by atoms with E-state index in [1.54, 1.807) is 6.07 Å². The highest BCUT2D eigenvalue weighted by molar-refractivity contribution is 6.42. The van der Waals surface area contributed by atoms with Crippen LogP contribution in [0.2, 0.25) is 10.0 Å². The second-order valence-corrected chi connectivity index (χ2v) is 8.22. The zero-order chi connectivity index (χ0) is 18.6. The smallest absolute Gasteiger partial charge is 0.220 e. The third kappa shape index (κ3) is 5.76. The Morgan fingerprint density at radius 1 is 1.04 bits per heavy atom. The van der Waals surface area contributed by atoms with E-state index in [0.717, 1.165) is 11.1 Å². The van der Waals surface area contributed by atoms with Crippen LogP contribution in [0.25, 0.3) is 0 Å². The lowest BCUT2D eigenvalue weighted by atomic mass is 9.86. The summed E-state index contributed by atoms with van der Waals surface area (Å²) >= 11 is 11.9. The highest BCUT2D eigenvalue weighted by Crippen LogP contribution is 2.25. The molecule has 0 spiro atoms. The van der Waals surface area contributed by atoms with E-state index in [4.69, 9.17) is 23.2 Å². The fourth-order valence-corrected chi connectivity index (χ4v) is 2.94. The summed E-state index contributed by atoms with van der Waals surface area (Å²) in [6.45, 7) is 8.58. The average molecular weight is 378 g/mol. The highest BCUT2D eigenvalue weighted by Gasteiger charge is 2.15. The van der Waals surface area contributed by atoms with Crippen molar-refractivity contribution >= 4 is 29.1 Å². The van der Waals surface area contributed by atoms with Crippen LogP contribution in [0.4, 0.5) is 0 Å². The number of carbonyl (C=O) groups excluding carboxylic acids is 1. The molecule has 0 bridgehead atoms. The Morgan fingerprint density at radius 2 is 1.68 bits per heavy atom. The number of hydrogen-bond acceptors (Lipinski definition) is 1. The first-order chi connectivity index (χ1) is 11.7. The predicted molar refractivity (Wildman–Crippen MR) is 106 cm³/mol. The van der Waals surface area contributed by atoms with Gasteiger partial charge in [0.1, 0.15) is 0 Å². The van der Waals surface area contributed by atoms with Crippen molar-refractivity contribution in [2.45, 2.75) is 52.0 Å². The lowest BCUT2D eigenvalue weighted by molar-refractivity contribution is -0.121. The molecule has 1 unspecified atom stereocenters. The van der Waals surface area contributed by atoms with Gasteiger partial charge in [-0.1, -0.05) is 74.3 Å². The van der Waals surface area contributed by atoms with E-state index in [2.05, 4.69) is 50.4 Å². The molecule has 134 valence electrons. The largest absolute Gasteiger partial charge is 0.350 e. The molecule has 1 atom stereocenters. The molecular formula is C21H25Cl2NO. The van der Waals surface area contributed by atoms with Crippen molar-refractivity contribution in [1.29, 1.82) is 0 Å². The maximum absolute atomic E-state index is 12.2. The second kappa shape index (κ2) is 8.25. The molecule has 0 aromatic heterocycles. The van der Waals surface area contributed by atoms with Gasteiger partial charge < -0.3 is 5.32 Å². The number of rotatable bonds is 5. The van der Waals surface area contributed by atoms with E-state index in [9.17, 15) is 4.79 Å². The van der Waals surface area contributed by atoms with Crippen LogP contribution in [-0.2, 0) is 16.6 Å². The molecule has 2 aromatic carbocycles. The van der Waals surface area contributed by atoms with Crippen LogP contribution in [0, 0.1) is 0 Å². The van der Waals surface area contributed by atoms with Gasteiger partial charge in [-0.05, 0) is 47.6 Å². The topological polar surface area (TPSA) is 29.1 Å². The van der Waals surface area contributed by atoms with Crippen LogP contribution in [0.5, 0.6) is 0 Å². The summed E-state index contributed by atoms with van der Waals surface area (Å²) in [7, 11) is 0. The minimum absolute atomic E-state index is 0.0182. The fraction of sp³-hybridized carbons (Fsp3) is 0.381. The Kier molecular flexibility index (Phi) is 6.53. The first kappa shape index (κ1) is 19.8. The molecular weight excluding hydrogens is 353 g/mol. The van der Waals surface area contributed by atoms with E-state index < -0.39 is 0 Å². The van der Waals surface area contributed by atoms with Crippen LogP contribution >= 0.6 is 23.2 Å². The first-order valence-corrected chi connectivity index (χ1v) is 9.26. The molecule has 1 N–H and O–H groups in total. The van der Waals surface area contributed by atoms with Crippen LogP contribution in [-0.4, -0.2) is 5.91 Å². The molecule has 4 heteroatoms. The van der Waals surface area contributed by atoms with E-state index in [1.165, 1.54) is 5.56 Å². The minimum Gasteiger partial charge on any atom is -0.350 e. The summed E-state index contributed by atoms with van der Waals surface area (Å²) in [5.74, 6) is 0.0264. The van der Waals surface area contributed by atoms with E-state index in [0.29, 0.717) is 22.9 Å². The van der Waals surface area contributed by atoms with E-state index in [-0.39, 0.29) is 17.4 Å². The molecule has 0 aliphatic rings. The number of nitrogens with one attached hydrogen (secondary N) is 1. The van der Waals surface area contributed by atoms with Gasteiger partial charge in [-0.15, -0.1) is 0 Å². The fourth-order valence-electron chi connectivity index (χ4n) is 2.62. The Bertz CT molecular complexity index is 733. The molecule has 0 aliphatic carbocycles. The second-order valence-electron chi connectivity index (χ2n) is 7.41. The van der Waals surface area contributed by atoms with Crippen molar-refractivity contribution in [2.75, 3.05) is 0 Å². The number of benzene rings is 2. The van der Waals surface area contributed by atoms with Crippen molar-refractivity contribution in [1.82, 2.24) is 5.32 Å². The average Bonchev–Trinajstić information content (AvgIpc) is 2.55. The standard InChI is InChI=1S/C21H25Cl2NO/c1-14(16-7-9-17(10-8-16)21(2,3)4)24-20(25)12-6-15-5-11-18(22)19(23)13-15/h5,7-11,13-14H,6,12H2,1-4H3,(H,24,25). The maximum Gasteiger partial charge on any atom is 0.220 e. The number of aryl methyl sites for hydroxylation is 1. The summed E-state index contributed by atoms with van der Waals surface area (Å²) in [5, 5.41) is 4.10. The number of amides is 1. The Morgan fingerprint density at radius 3 is 2.24 bits per heavy atom. The van der Waals surface area contributed by atoms with Crippen molar-refractivity contribution < 1.29 is 4.79 Å². The van der Waals surface area contributed by atoms with Gasteiger partial charge in [0.05, 0.1) is 16.1 Å². The van der Waals surface area contributed by atoms with Gasteiger partial charge in [0.2, 0.25) is 5.91 Å². The zero-order valence-corrected chi connectivity index (χ0v) is 16.7. The molecule has 2 nitrogen and oxygen atoms in total. The van der Waals surface area contributed by atoms with Gasteiger partial charge in [-0.3, -0.25) is 4.79 Å². The van der Waals surface area contributed by atoms with Crippen LogP contribution < -0.4 is 5.32 Å². The third-order valence-electron chi connectivity index (χ3n) is 4.28. The van der Waals surface area contributed by atoms with Crippen LogP contribution in [0.3, 0.4) is 0 Å². The lowest BCUT2D eigenvalue weighted by Gasteiger charge is -2.20. The SMILES string of the molecule is CC(NC(=O)CCc1ccc(Cl)c(Cl)c1)c1ccc(C(C)(C)C)cc1. The lowest BCUT2D eigenvalue weighted by Crippen LogP contribution is -2.26. The summed E-state index contributed by atoms with van der Waals surface area (Å²) in [6, 6.07) is 13.9. The molecule has 2 rings (SSSR count). The van der Waals surface area contributed by atoms with E-state index in [1.807, 2.05) is 19.1 Å². The van der Waals surface area contributed by atoms with Crippen molar-refractivity contribution in [2.24, 2.45) is 0 Å². The monoisotopic (exact) mass is 377 g/mol. The van der Waals surface area contributed by atoms with Crippen molar-refractivity contribution in [3.8, 4) is 0 Å². The molecule has 0 aliphatic heterocycles. The van der Waals surface area contributed by atoms with Crippen LogP contribution in [0.15, 0.2) is 42.5 Å². The number of hydrogen-bond donors (Lipinski definition) is 1. The van der Waals surface area contributed by atoms with Gasteiger partial charge in [0.15, 0.2) is 0 Å². The molecule has 0 saturated carbocycles. The van der Waals surface area contributed by atoms with Crippen molar-refractivity contribution in [3.63, 3.8) is 0 Å². The van der Waals surface area contributed by atoms with Crippen LogP contribution in [0.1, 0.15) is 56.8 Å². The molecule has 25 heavy (non-hydrogen) atoms. The maximum atomic E-state index is 12.2. The Hall–Kier alpha value is -1.51. The van der Waals surface area contributed by atoms with Gasteiger partial charge >= 0.3 is 0 Å². The number of halogens is 2. The molecule has 0 fully saturated rings. The summed E-state index contributed by atoms with van der Waals surface area (Å²) < 4.78 is 0. The molecule has 1 amide bonds. The summed E-state index contributed by atoms with van der Waals surface area (Å²) in [4.78, 5) is 12.2. The van der Waals surface area contributed by atoms with Gasteiger partial charge in [-0.25, -0.2) is 0 Å². The van der Waals surface area contributed by atoms with Gasteiger partial charge in [0.25, 0.3) is 0 Å². The molecule has 2 aromatic rings. The van der Waals surface area contributed by atoms with Gasteiger partial charge in [0, 0.05) is 6.42 Å². The first-order valence-electron chi connectivity index (χ1n) is 8.50. The predicted octanol–water partition coefficient (Wildman–Crippen LogP) is 6.10. The zero-order valence-electron chi connectivity index (χ0n) is 15.2. The summed E-state index contributed by atoms with van der Waals surface area (Å²) in [6.07, 6.45) is 1.06. The van der Waals surface area contributed by atoms with Gasteiger partial charge in [-0.2, -0.15) is 0 Å². The minimum atomic E-state index is -0.0182. The van der Waals surface area contributed by atoms with Crippen molar-refractivity contribution in [3.05, 3.63) is 69.2 Å². The molecule has 0 radical (unpaired) electrons.